The molecule has 2 heteroatoms. The van der Waals surface area contributed by atoms with Gasteiger partial charge in [-0.1, -0.05) is 30.3 Å². The van der Waals surface area contributed by atoms with E-state index in [4.69, 9.17) is 4.42 Å². The Hall–Kier alpha value is -2.35. The second kappa shape index (κ2) is 5.74. The maximum atomic E-state index is 5.37. The molecule has 0 bridgehead atoms. The van der Waals surface area contributed by atoms with E-state index in [1.54, 1.807) is 6.26 Å². The van der Waals surface area contributed by atoms with Crippen molar-refractivity contribution in [3.63, 3.8) is 0 Å². The lowest BCUT2D eigenvalue weighted by Gasteiger charge is -2.07. The van der Waals surface area contributed by atoms with Crippen LogP contribution in [0, 0.1) is 6.92 Å². The van der Waals surface area contributed by atoms with Crippen LogP contribution >= 0.6 is 0 Å². The quantitative estimate of drug-likeness (QED) is 0.695. The third-order valence-electron chi connectivity index (χ3n) is 3.32. The lowest BCUT2D eigenvalue weighted by Crippen LogP contribution is -1.96. The van der Waals surface area contributed by atoms with E-state index in [1.807, 2.05) is 25.1 Å². The second-order valence-corrected chi connectivity index (χ2v) is 4.93. The van der Waals surface area contributed by atoms with Crippen LogP contribution in [0.3, 0.4) is 0 Å². The molecule has 3 rings (SSSR count). The molecule has 0 aliphatic carbocycles. The van der Waals surface area contributed by atoms with Crippen molar-refractivity contribution >= 4 is 0 Å². The molecule has 0 aliphatic rings. The SMILES string of the molecule is Cc1cc(-c2ccccc2)cc(CCc2ccco2)n1. The number of aryl methyl sites for hydroxylation is 3. The number of aromatic nitrogens is 1. The third kappa shape index (κ3) is 2.97. The smallest absolute Gasteiger partial charge is 0.104 e. The largest absolute Gasteiger partial charge is 0.469 e. The van der Waals surface area contributed by atoms with Gasteiger partial charge in [0.15, 0.2) is 0 Å². The molecule has 0 saturated carbocycles. The number of furan rings is 1. The van der Waals surface area contributed by atoms with Crippen LogP contribution in [0.2, 0.25) is 0 Å². The molecule has 20 heavy (non-hydrogen) atoms. The van der Waals surface area contributed by atoms with E-state index in [1.165, 1.54) is 11.1 Å². The maximum Gasteiger partial charge on any atom is 0.104 e. The second-order valence-electron chi connectivity index (χ2n) is 4.93. The van der Waals surface area contributed by atoms with Gasteiger partial charge in [0.05, 0.1) is 6.26 Å². The minimum absolute atomic E-state index is 0.887. The van der Waals surface area contributed by atoms with Gasteiger partial charge < -0.3 is 4.42 Å². The van der Waals surface area contributed by atoms with Gasteiger partial charge in [-0.3, -0.25) is 4.98 Å². The summed E-state index contributed by atoms with van der Waals surface area (Å²) in [6, 6.07) is 18.7. The summed E-state index contributed by atoms with van der Waals surface area (Å²) >= 11 is 0. The number of hydrogen-bond donors (Lipinski definition) is 0. The molecule has 0 saturated heterocycles. The van der Waals surface area contributed by atoms with Crippen LogP contribution in [0.4, 0.5) is 0 Å². The molecular formula is C18H17NO. The van der Waals surface area contributed by atoms with E-state index >= 15 is 0 Å². The van der Waals surface area contributed by atoms with Crippen molar-refractivity contribution in [2.45, 2.75) is 19.8 Å². The summed E-state index contributed by atoms with van der Waals surface area (Å²) in [6.07, 6.45) is 3.50. The standard InChI is InChI=1S/C18H17NO/c1-14-12-16(15-6-3-2-4-7-15)13-17(19-14)9-10-18-8-5-11-20-18/h2-8,11-13H,9-10H2,1H3. The molecule has 1 aromatic carbocycles. The fraction of sp³-hybridized carbons (Fsp3) is 0.167. The molecule has 0 radical (unpaired) electrons. The molecule has 3 aromatic rings. The van der Waals surface area contributed by atoms with Crippen LogP contribution in [0.1, 0.15) is 17.1 Å². The zero-order valence-electron chi connectivity index (χ0n) is 11.5. The fourth-order valence-corrected chi connectivity index (χ4v) is 2.37. The summed E-state index contributed by atoms with van der Waals surface area (Å²) < 4.78 is 5.37. The van der Waals surface area contributed by atoms with Gasteiger partial charge in [0.2, 0.25) is 0 Å². The predicted molar refractivity (Wildman–Crippen MR) is 80.5 cm³/mol. The molecule has 0 N–H and O–H groups in total. The van der Waals surface area contributed by atoms with Crippen LogP contribution < -0.4 is 0 Å². The summed E-state index contributed by atoms with van der Waals surface area (Å²) in [5.74, 6) is 1.01. The minimum atomic E-state index is 0.887. The predicted octanol–water partition coefficient (Wildman–Crippen LogP) is 4.44. The van der Waals surface area contributed by atoms with Gasteiger partial charge in [0, 0.05) is 17.8 Å². The lowest BCUT2D eigenvalue weighted by molar-refractivity contribution is 0.507. The van der Waals surface area contributed by atoms with Gasteiger partial charge >= 0.3 is 0 Å². The van der Waals surface area contributed by atoms with Gasteiger partial charge in [-0.05, 0) is 48.7 Å². The minimum Gasteiger partial charge on any atom is -0.469 e. The number of hydrogen-bond acceptors (Lipinski definition) is 2. The highest BCUT2D eigenvalue weighted by atomic mass is 16.3. The molecule has 100 valence electrons. The number of nitrogens with zero attached hydrogens (tertiary/aromatic N) is 1. The van der Waals surface area contributed by atoms with Gasteiger partial charge in [0.1, 0.15) is 5.76 Å². The van der Waals surface area contributed by atoms with Crippen molar-refractivity contribution in [3.05, 3.63) is 78.0 Å². The maximum absolute atomic E-state index is 5.37. The Balaban J connectivity index is 1.83. The monoisotopic (exact) mass is 263 g/mol. The van der Waals surface area contributed by atoms with E-state index in [-0.39, 0.29) is 0 Å². The van der Waals surface area contributed by atoms with Gasteiger partial charge in [-0.15, -0.1) is 0 Å². The average molecular weight is 263 g/mol. The van der Waals surface area contributed by atoms with E-state index < -0.39 is 0 Å². The molecule has 2 heterocycles. The van der Waals surface area contributed by atoms with Crippen LogP contribution in [-0.2, 0) is 12.8 Å². The van der Waals surface area contributed by atoms with Crippen molar-refractivity contribution < 1.29 is 4.42 Å². The molecule has 0 aliphatic heterocycles. The highest BCUT2D eigenvalue weighted by Crippen LogP contribution is 2.21. The summed E-state index contributed by atoms with van der Waals surface area (Å²) in [6.45, 7) is 2.04. The first kappa shape index (κ1) is 12.7. The highest BCUT2D eigenvalue weighted by Gasteiger charge is 2.04. The summed E-state index contributed by atoms with van der Waals surface area (Å²) in [5, 5.41) is 0. The van der Waals surface area contributed by atoms with Crippen LogP contribution in [0.15, 0.2) is 65.3 Å². The first-order valence-corrected chi connectivity index (χ1v) is 6.86. The Morgan fingerprint density at radius 3 is 2.50 bits per heavy atom. The molecule has 0 atom stereocenters. The first-order valence-electron chi connectivity index (χ1n) is 6.86. The number of benzene rings is 1. The third-order valence-corrected chi connectivity index (χ3v) is 3.32. The molecule has 2 aromatic heterocycles. The Bertz CT molecular complexity index is 672. The Labute approximate surface area is 119 Å². The lowest BCUT2D eigenvalue weighted by atomic mass is 10.0. The molecule has 0 spiro atoms. The highest BCUT2D eigenvalue weighted by molar-refractivity contribution is 5.63. The number of rotatable bonds is 4. The van der Waals surface area contributed by atoms with Crippen LogP contribution in [0.25, 0.3) is 11.1 Å². The fourth-order valence-electron chi connectivity index (χ4n) is 2.37. The topological polar surface area (TPSA) is 26.0 Å². The average Bonchev–Trinajstić information content (AvgIpc) is 2.99. The molecule has 2 nitrogen and oxygen atoms in total. The zero-order valence-corrected chi connectivity index (χ0v) is 11.5. The van der Waals surface area contributed by atoms with Crippen LogP contribution in [-0.4, -0.2) is 4.98 Å². The molecule has 0 fully saturated rings. The summed E-state index contributed by atoms with van der Waals surface area (Å²) in [5.41, 5.74) is 4.63. The zero-order chi connectivity index (χ0) is 13.8. The van der Waals surface area contributed by atoms with E-state index in [2.05, 4.69) is 41.4 Å². The first-order chi connectivity index (χ1) is 9.81. The van der Waals surface area contributed by atoms with Gasteiger partial charge in [-0.2, -0.15) is 0 Å². The van der Waals surface area contributed by atoms with Crippen LogP contribution in [0.5, 0.6) is 0 Å². The Morgan fingerprint density at radius 2 is 1.75 bits per heavy atom. The van der Waals surface area contributed by atoms with Crippen molar-refractivity contribution in [3.8, 4) is 11.1 Å². The normalized spacial score (nSPS) is 10.7. The molecule has 0 unspecified atom stereocenters. The molecular weight excluding hydrogens is 246 g/mol. The Kier molecular flexibility index (Phi) is 3.64. The van der Waals surface area contributed by atoms with E-state index in [0.717, 1.165) is 30.0 Å². The molecule has 0 amide bonds. The summed E-state index contributed by atoms with van der Waals surface area (Å²) in [4.78, 5) is 4.62. The Morgan fingerprint density at radius 1 is 0.900 bits per heavy atom. The van der Waals surface area contributed by atoms with E-state index in [9.17, 15) is 0 Å². The van der Waals surface area contributed by atoms with Gasteiger partial charge in [-0.25, -0.2) is 0 Å². The van der Waals surface area contributed by atoms with Crippen molar-refractivity contribution in [2.24, 2.45) is 0 Å². The number of pyridine rings is 1. The van der Waals surface area contributed by atoms with Crippen molar-refractivity contribution in [2.75, 3.05) is 0 Å². The summed E-state index contributed by atoms with van der Waals surface area (Å²) in [7, 11) is 0. The van der Waals surface area contributed by atoms with Crippen molar-refractivity contribution in [1.82, 2.24) is 4.98 Å². The van der Waals surface area contributed by atoms with Crippen molar-refractivity contribution in [1.29, 1.82) is 0 Å². The van der Waals surface area contributed by atoms with Gasteiger partial charge in [0.25, 0.3) is 0 Å². The van der Waals surface area contributed by atoms with E-state index in [0.29, 0.717) is 0 Å².